The number of carbonyl (C=O) groups excluding carboxylic acids is 3. The number of rotatable bonds is 6. The van der Waals surface area contributed by atoms with Gasteiger partial charge in [0.15, 0.2) is 6.10 Å². The van der Waals surface area contributed by atoms with Crippen molar-refractivity contribution in [1.82, 2.24) is 4.90 Å². The van der Waals surface area contributed by atoms with Crippen LogP contribution in [0.1, 0.15) is 55.4 Å². The average molecular weight is 378 g/mol. The number of aliphatic hydroxyl groups excluding tert-OH is 1. The van der Waals surface area contributed by atoms with Crippen molar-refractivity contribution in [1.29, 1.82) is 0 Å². The summed E-state index contributed by atoms with van der Waals surface area (Å²) in [7, 11) is 0. The van der Waals surface area contributed by atoms with Crippen LogP contribution in [0.3, 0.4) is 0 Å². The summed E-state index contributed by atoms with van der Waals surface area (Å²) in [6.07, 6.45) is -1.81. The Morgan fingerprint density at radius 2 is 1.32 bits per heavy atom. The zero-order chi connectivity index (χ0) is 20.0. The molecule has 1 amide bonds. The predicted molar refractivity (Wildman–Crippen MR) is 97.4 cm³/mol. The molecular weight excluding hydrogens is 346 g/mol. The van der Waals surface area contributed by atoms with E-state index in [9.17, 15) is 19.5 Å². The topological polar surface area (TPSA) is 93.1 Å². The molecule has 25 heavy (non-hydrogen) atoms. The van der Waals surface area contributed by atoms with Crippen LogP contribution in [0.5, 0.6) is 0 Å². The number of thioether (sulfide) groups is 1. The Labute approximate surface area is 154 Å². The molecule has 0 saturated carbocycles. The Kier molecular flexibility index (Phi) is 8.94. The van der Waals surface area contributed by atoms with Crippen molar-refractivity contribution in [2.45, 2.75) is 77.9 Å². The summed E-state index contributed by atoms with van der Waals surface area (Å²) in [4.78, 5) is 38.4. The minimum Gasteiger partial charge on any atom is -0.459 e. The van der Waals surface area contributed by atoms with Crippen molar-refractivity contribution in [3.8, 4) is 0 Å². The second-order valence-corrected chi connectivity index (χ2v) is 8.58. The molecule has 0 spiro atoms. The third kappa shape index (κ3) is 9.11. The van der Waals surface area contributed by atoms with Gasteiger partial charge in [-0.1, -0.05) is 0 Å². The van der Waals surface area contributed by atoms with E-state index in [1.807, 2.05) is 0 Å². The van der Waals surface area contributed by atoms with E-state index >= 15 is 0 Å². The number of esters is 2. The molecule has 0 rings (SSSR count). The fourth-order valence-electron chi connectivity index (χ4n) is 1.75. The van der Waals surface area contributed by atoms with Crippen LogP contribution in [-0.2, 0) is 19.1 Å². The van der Waals surface area contributed by atoms with Gasteiger partial charge in [0.25, 0.3) is 5.24 Å². The summed E-state index contributed by atoms with van der Waals surface area (Å²) in [6.45, 7) is 14.4. The van der Waals surface area contributed by atoms with Crippen LogP contribution in [0.4, 0.5) is 4.79 Å². The van der Waals surface area contributed by atoms with Gasteiger partial charge < -0.3 is 19.5 Å². The molecule has 0 aromatic carbocycles. The molecule has 2 atom stereocenters. The first-order chi connectivity index (χ1) is 11.2. The first-order valence-electron chi connectivity index (χ1n) is 8.31. The Morgan fingerprint density at radius 3 is 1.68 bits per heavy atom. The maximum absolute atomic E-state index is 12.4. The molecule has 0 heterocycles. The van der Waals surface area contributed by atoms with Crippen molar-refractivity contribution < 1.29 is 29.0 Å². The van der Waals surface area contributed by atoms with Crippen molar-refractivity contribution in [3.05, 3.63) is 0 Å². The van der Waals surface area contributed by atoms with Gasteiger partial charge in [-0.05, 0) is 67.2 Å². The van der Waals surface area contributed by atoms with Gasteiger partial charge in [0.1, 0.15) is 16.5 Å². The third-order valence-corrected chi connectivity index (χ3v) is 3.99. The van der Waals surface area contributed by atoms with E-state index in [1.54, 1.807) is 55.4 Å². The van der Waals surface area contributed by atoms with Crippen molar-refractivity contribution in [2.24, 2.45) is 0 Å². The standard InChI is InChI=1S/C17H31NO6S/c1-9-18(10-2)15(22)25-12(14(21)24-17(6,7)8)11(19)13(20)23-16(3,4)5/h11-12,19H,9-10H2,1-8H3/t11-,12+/m1/s1. The molecule has 8 heteroatoms. The second-order valence-electron chi connectivity index (χ2n) is 7.49. The van der Waals surface area contributed by atoms with E-state index in [0.29, 0.717) is 24.9 Å². The van der Waals surface area contributed by atoms with E-state index in [0.717, 1.165) is 0 Å². The molecule has 0 aromatic heterocycles. The van der Waals surface area contributed by atoms with E-state index in [-0.39, 0.29) is 0 Å². The highest BCUT2D eigenvalue weighted by Gasteiger charge is 2.40. The van der Waals surface area contributed by atoms with Crippen LogP contribution in [0.15, 0.2) is 0 Å². The number of ether oxygens (including phenoxy) is 2. The summed E-state index contributed by atoms with van der Waals surface area (Å²) in [5, 5.41) is 8.50. The minimum atomic E-state index is -1.81. The van der Waals surface area contributed by atoms with Crippen LogP contribution in [0.2, 0.25) is 0 Å². The molecule has 7 nitrogen and oxygen atoms in total. The molecule has 0 aliphatic heterocycles. The molecule has 1 N–H and O–H groups in total. The van der Waals surface area contributed by atoms with Gasteiger partial charge in [0.05, 0.1) is 0 Å². The summed E-state index contributed by atoms with van der Waals surface area (Å²) < 4.78 is 10.4. The van der Waals surface area contributed by atoms with Crippen LogP contribution in [-0.4, -0.2) is 62.8 Å². The summed E-state index contributed by atoms with van der Waals surface area (Å²) in [5.41, 5.74) is -1.65. The van der Waals surface area contributed by atoms with Gasteiger partial charge in [-0.25, -0.2) is 4.79 Å². The van der Waals surface area contributed by atoms with Crippen LogP contribution >= 0.6 is 11.8 Å². The molecule has 146 valence electrons. The summed E-state index contributed by atoms with van der Waals surface area (Å²) >= 11 is 0.575. The van der Waals surface area contributed by atoms with Gasteiger partial charge in [0, 0.05) is 13.1 Å². The number of hydrogen-bond acceptors (Lipinski definition) is 7. The molecule has 0 bridgehead atoms. The lowest BCUT2D eigenvalue weighted by atomic mass is 10.1. The number of hydrogen-bond donors (Lipinski definition) is 1. The normalized spacial score (nSPS) is 14.4. The molecule has 0 saturated heterocycles. The minimum absolute atomic E-state index is 0.413. The van der Waals surface area contributed by atoms with Gasteiger partial charge in [0.2, 0.25) is 0 Å². The fraction of sp³-hybridized carbons (Fsp3) is 0.824. The summed E-state index contributed by atoms with van der Waals surface area (Å²) in [6, 6.07) is 0. The average Bonchev–Trinajstić information content (AvgIpc) is 2.41. The van der Waals surface area contributed by atoms with Crippen molar-refractivity contribution >= 4 is 28.9 Å². The smallest absolute Gasteiger partial charge is 0.337 e. The fourth-order valence-corrected chi connectivity index (χ4v) is 2.76. The van der Waals surface area contributed by atoms with Crippen LogP contribution in [0, 0.1) is 0 Å². The quantitative estimate of drug-likeness (QED) is 0.711. The highest BCUT2D eigenvalue weighted by molar-refractivity contribution is 8.14. The molecule has 0 aromatic rings. The lowest BCUT2D eigenvalue weighted by Crippen LogP contribution is -2.45. The maximum atomic E-state index is 12.4. The van der Waals surface area contributed by atoms with E-state index in [4.69, 9.17) is 9.47 Å². The first-order valence-corrected chi connectivity index (χ1v) is 9.19. The lowest BCUT2D eigenvalue weighted by Gasteiger charge is -2.28. The van der Waals surface area contributed by atoms with Gasteiger partial charge >= 0.3 is 11.9 Å². The Bertz CT molecular complexity index is 477. The Balaban J connectivity index is 5.41. The third-order valence-electron chi connectivity index (χ3n) is 2.82. The van der Waals surface area contributed by atoms with E-state index in [2.05, 4.69) is 0 Å². The van der Waals surface area contributed by atoms with Crippen LogP contribution in [0.25, 0.3) is 0 Å². The number of nitrogens with zero attached hydrogens (tertiary/aromatic N) is 1. The molecule has 0 aliphatic carbocycles. The zero-order valence-electron chi connectivity index (χ0n) is 16.4. The molecule has 0 radical (unpaired) electrons. The molecule has 0 aliphatic rings. The highest BCUT2D eigenvalue weighted by Crippen LogP contribution is 2.24. The second kappa shape index (κ2) is 9.43. The first kappa shape index (κ1) is 23.7. The number of aliphatic hydroxyl groups is 1. The number of amides is 1. The van der Waals surface area contributed by atoms with Crippen LogP contribution < -0.4 is 0 Å². The van der Waals surface area contributed by atoms with E-state index in [1.165, 1.54) is 4.90 Å². The van der Waals surface area contributed by atoms with Gasteiger partial charge in [-0.2, -0.15) is 0 Å². The van der Waals surface area contributed by atoms with E-state index < -0.39 is 39.7 Å². The highest BCUT2D eigenvalue weighted by atomic mass is 32.2. The Morgan fingerprint density at radius 1 is 0.920 bits per heavy atom. The zero-order valence-corrected chi connectivity index (χ0v) is 17.2. The molecule has 0 unspecified atom stereocenters. The van der Waals surface area contributed by atoms with Crippen molar-refractivity contribution in [2.75, 3.05) is 13.1 Å². The lowest BCUT2D eigenvalue weighted by molar-refractivity contribution is -0.171. The Hall–Kier alpha value is -1.28. The monoisotopic (exact) mass is 377 g/mol. The number of carbonyl (C=O) groups is 3. The largest absolute Gasteiger partial charge is 0.459 e. The summed E-state index contributed by atoms with van der Waals surface area (Å²) in [5.74, 6) is -1.81. The predicted octanol–water partition coefficient (Wildman–Crippen LogP) is 2.59. The SMILES string of the molecule is CCN(CC)C(=O)S[C@H](C(=O)OC(C)(C)C)[C@@H](O)C(=O)OC(C)(C)C. The molecular formula is C17H31NO6S. The molecule has 0 fully saturated rings. The van der Waals surface area contributed by atoms with Gasteiger partial charge in [-0.15, -0.1) is 0 Å². The maximum Gasteiger partial charge on any atom is 0.337 e. The van der Waals surface area contributed by atoms with Gasteiger partial charge in [-0.3, -0.25) is 9.59 Å². The van der Waals surface area contributed by atoms with Crippen molar-refractivity contribution in [3.63, 3.8) is 0 Å².